The molecule has 0 bridgehead atoms. The van der Waals surface area contributed by atoms with Crippen LogP contribution in [0.2, 0.25) is 0 Å². The first-order chi connectivity index (χ1) is 21.4. The van der Waals surface area contributed by atoms with E-state index in [-0.39, 0.29) is 19.8 Å². The third-order valence-corrected chi connectivity index (χ3v) is 5.56. The molecule has 2 amide bonds. The first kappa shape index (κ1) is 37.8. The maximum atomic E-state index is 11.7. The molecule has 0 spiro atoms. The van der Waals surface area contributed by atoms with Crippen molar-refractivity contribution < 1.29 is 52.3 Å². The van der Waals surface area contributed by atoms with Gasteiger partial charge in [0, 0.05) is 44.3 Å². The molecule has 0 unspecified atom stereocenters. The van der Waals surface area contributed by atoms with Crippen LogP contribution in [0.3, 0.4) is 0 Å². The van der Waals surface area contributed by atoms with Gasteiger partial charge in [0.05, 0.1) is 26.4 Å². The van der Waals surface area contributed by atoms with Crippen LogP contribution in [0.1, 0.15) is 44.9 Å². The molecule has 0 saturated heterocycles. The van der Waals surface area contributed by atoms with E-state index in [0.29, 0.717) is 70.5 Å². The molecule has 0 aliphatic carbocycles. The van der Waals surface area contributed by atoms with Crippen LogP contribution in [0.5, 0.6) is 11.5 Å². The molecular weight excluding hydrogens is 576 g/mol. The predicted octanol–water partition coefficient (Wildman–Crippen LogP) is 4.10. The van der Waals surface area contributed by atoms with Gasteiger partial charge in [0.2, 0.25) is 0 Å². The van der Waals surface area contributed by atoms with Crippen molar-refractivity contribution in [3.05, 3.63) is 49.6 Å². The number of nitrogens with one attached hydrogen (secondary N) is 2. The highest BCUT2D eigenvalue weighted by molar-refractivity contribution is 5.81. The molecule has 0 fully saturated rings. The van der Waals surface area contributed by atoms with Crippen LogP contribution < -0.4 is 20.1 Å². The molecule has 1 aromatic rings. The smallest absolute Gasteiger partial charge is 0.407 e. The van der Waals surface area contributed by atoms with Gasteiger partial charge in [0.25, 0.3) is 0 Å². The number of esters is 2. The number of ether oxygens (including phenoxy) is 7. The summed E-state index contributed by atoms with van der Waals surface area (Å²) in [6.07, 6.45) is 6.36. The van der Waals surface area contributed by atoms with Gasteiger partial charge >= 0.3 is 24.1 Å². The molecule has 0 radical (unpaired) electrons. The lowest BCUT2D eigenvalue weighted by Crippen LogP contribution is -2.27. The zero-order valence-corrected chi connectivity index (χ0v) is 25.4. The third kappa shape index (κ3) is 22.4. The lowest BCUT2D eigenvalue weighted by atomic mass is 10.2. The second kappa shape index (κ2) is 26.4. The number of unbranched alkanes of at least 4 members (excludes halogenated alkanes) is 4. The van der Waals surface area contributed by atoms with Gasteiger partial charge in [-0.25, -0.2) is 19.2 Å². The summed E-state index contributed by atoms with van der Waals surface area (Å²) in [4.78, 5) is 45.3. The Kier molecular flexibility index (Phi) is 22.6. The third-order valence-electron chi connectivity index (χ3n) is 5.56. The summed E-state index contributed by atoms with van der Waals surface area (Å²) in [7, 11) is 0. The van der Waals surface area contributed by atoms with Crippen molar-refractivity contribution >= 4 is 24.1 Å². The first-order valence-corrected chi connectivity index (χ1v) is 14.8. The lowest BCUT2D eigenvalue weighted by Gasteiger charge is -2.11. The molecule has 2 N–H and O–H groups in total. The van der Waals surface area contributed by atoms with Gasteiger partial charge in [-0.1, -0.05) is 19.2 Å². The van der Waals surface area contributed by atoms with E-state index >= 15 is 0 Å². The van der Waals surface area contributed by atoms with Gasteiger partial charge < -0.3 is 43.8 Å². The van der Waals surface area contributed by atoms with Crippen LogP contribution in [0.4, 0.5) is 9.59 Å². The summed E-state index contributed by atoms with van der Waals surface area (Å²) >= 11 is 0. The summed E-state index contributed by atoms with van der Waals surface area (Å²) in [5.74, 6) is 0.317. The average Bonchev–Trinajstić information content (AvgIpc) is 3.03. The minimum atomic E-state index is -0.521. The van der Waals surface area contributed by atoms with E-state index in [0.717, 1.165) is 44.3 Å². The molecule has 0 heterocycles. The predicted molar refractivity (Wildman–Crippen MR) is 162 cm³/mol. The van der Waals surface area contributed by atoms with E-state index in [1.54, 1.807) is 24.3 Å². The Labute approximate surface area is 259 Å². The van der Waals surface area contributed by atoms with Gasteiger partial charge in [0.1, 0.15) is 31.3 Å². The van der Waals surface area contributed by atoms with E-state index in [4.69, 9.17) is 33.2 Å². The lowest BCUT2D eigenvalue weighted by molar-refractivity contribution is -0.138. The zero-order chi connectivity index (χ0) is 32.1. The molecule has 0 aromatic heterocycles. The Bertz CT molecular complexity index is 987. The number of amides is 2. The Balaban J connectivity index is 1.97. The van der Waals surface area contributed by atoms with E-state index in [1.807, 2.05) is 0 Å². The van der Waals surface area contributed by atoms with Crippen molar-refractivity contribution in [1.82, 2.24) is 10.6 Å². The van der Waals surface area contributed by atoms with Crippen molar-refractivity contribution in [2.75, 3.05) is 65.9 Å². The fourth-order valence-corrected chi connectivity index (χ4v) is 3.35. The van der Waals surface area contributed by atoms with Crippen LogP contribution in [0, 0.1) is 0 Å². The summed E-state index contributed by atoms with van der Waals surface area (Å²) in [6, 6.07) is 7.09. The molecule has 0 aliphatic heterocycles. The first-order valence-electron chi connectivity index (χ1n) is 14.8. The number of carbonyl (C=O) groups excluding carboxylic acids is 4. The van der Waals surface area contributed by atoms with Crippen molar-refractivity contribution in [2.45, 2.75) is 44.9 Å². The highest BCUT2D eigenvalue weighted by atomic mass is 16.6. The summed E-state index contributed by atoms with van der Waals surface area (Å²) in [6.45, 7) is 9.90. The Morgan fingerprint density at radius 1 is 0.568 bits per heavy atom. The Morgan fingerprint density at radius 2 is 1.07 bits per heavy atom. The van der Waals surface area contributed by atoms with Crippen LogP contribution in [-0.2, 0) is 33.3 Å². The minimum Gasteiger partial charge on any atom is -0.491 e. The summed E-state index contributed by atoms with van der Waals surface area (Å²) < 4.78 is 36.7. The van der Waals surface area contributed by atoms with Gasteiger partial charge in [-0.05, 0) is 50.7 Å². The molecule has 1 rings (SSSR count). The molecule has 246 valence electrons. The highest BCUT2D eigenvalue weighted by Gasteiger charge is 2.04. The molecule has 0 aliphatic rings. The number of hydrogen-bond acceptors (Lipinski definition) is 11. The fraction of sp³-hybridized carbons (Fsp3) is 0.548. The van der Waals surface area contributed by atoms with E-state index in [9.17, 15) is 19.2 Å². The summed E-state index contributed by atoms with van der Waals surface area (Å²) in [5, 5.41) is 5.33. The maximum absolute atomic E-state index is 11.7. The van der Waals surface area contributed by atoms with Crippen molar-refractivity contribution in [3.8, 4) is 11.5 Å². The largest absolute Gasteiger partial charge is 0.491 e. The molecule has 0 saturated carbocycles. The molecule has 13 nitrogen and oxygen atoms in total. The zero-order valence-electron chi connectivity index (χ0n) is 25.4. The van der Waals surface area contributed by atoms with Gasteiger partial charge in [-0.2, -0.15) is 0 Å². The SMILES string of the molecule is C=CC(=O)OCCCCCNC(=O)OCCCOCCOc1cccc(OCCOC(=O)NCCCCCOC(=O)C=C)c1. The van der Waals surface area contributed by atoms with Crippen LogP contribution in [0.25, 0.3) is 0 Å². The van der Waals surface area contributed by atoms with Crippen molar-refractivity contribution in [1.29, 1.82) is 0 Å². The number of alkyl carbamates (subject to hydrolysis) is 2. The molecular formula is C31H46N2O11. The molecule has 1 aromatic carbocycles. The second-order valence-corrected chi connectivity index (χ2v) is 9.13. The number of carbonyl (C=O) groups is 4. The quantitative estimate of drug-likeness (QED) is 0.0663. The fourth-order valence-electron chi connectivity index (χ4n) is 3.35. The topological polar surface area (TPSA) is 157 Å². The Morgan fingerprint density at radius 3 is 1.61 bits per heavy atom. The second-order valence-electron chi connectivity index (χ2n) is 9.13. The minimum absolute atomic E-state index is 0.0875. The average molecular weight is 623 g/mol. The standard InChI is InChI=1S/C31H46N2O11/c1-3-28(34)41-18-9-5-7-15-32-30(36)43-20-12-17-38-21-22-39-26-13-11-14-27(25-26)40-23-24-44-31(37)33-16-8-6-10-19-42-29(35)4-2/h3-4,11,13-14,25H,1-2,5-10,12,15-24H2,(H,32,36)(H,33,37). The maximum Gasteiger partial charge on any atom is 0.407 e. The highest BCUT2D eigenvalue weighted by Crippen LogP contribution is 2.19. The van der Waals surface area contributed by atoms with Crippen LogP contribution in [0.15, 0.2) is 49.6 Å². The number of rotatable bonds is 26. The monoisotopic (exact) mass is 622 g/mol. The van der Waals surface area contributed by atoms with Gasteiger partial charge in [-0.15, -0.1) is 0 Å². The van der Waals surface area contributed by atoms with E-state index in [2.05, 4.69) is 23.8 Å². The molecule has 44 heavy (non-hydrogen) atoms. The van der Waals surface area contributed by atoms with Crippen LogP contribution >= 0.6 is 0 Å². The normalized spacial score (nSPS) is 10.2. The number of hydrogen-bond donors (Lipinski definition) is 2. The van der Waals surface area contributed by atoms with E-state index in [1.165, 1.54) is 0 Å². The van der Waals surface area contributed by atoms with Crippen LogP contribution in [-0.4, -0.2) is 90.1 Å². The Hall–Kier alpha value is -4.26. The summed E-state index contributed by atoms with van der Waals surface area (Å²) in [5.41, 5.74) is 0. The van der Waals surface area contributed by atoms with E-state index < -0.39 is 24.1 Å². The van der Waals surface area contributed by atoms with Gasteiger partial charge in [-0.3, -0.25) is 0 Å². The van der Waals surface area contributed by atoms with Crippen molar-refractivity contribution in [2.24, 2.45) is 0 Å². The molecule has 0 atom stereocenters. The van der Waals surface area contributed by atoms with Crippen molar-refractivity contribution in [3.63, 3.8) is 0 Å². The van der Waals surface area contributed by atoms with Gasteiger partial charge in [0.15, 0.2) is 0 Å². The number of benzene rings is 1. The molecule has 13 heteroatoms.